The van der Waals surface area contributed by atoms with Crippen LogP contribution >= 0.6 is 15.6 Å². The molecule has 0 aromatic rings. The van der Waals surface area contributed by atoms with Crippen molar-refractivity contribution in [3.8, 4) is 0 Å². The van der Waals surface area contributed by atoms with Crippen molar-refractivity contribution in [2.24, 2.45) is 0 Å². The van der Waals surface area contributed by atoms with E-state index in [9.17, 15) is 43.2 Å². The van der Waals surface area contributed by atoms with Crippen molar-refractivity contribution < 1.29 is 80.2 Å². The SMILES string of the molecule is CC/C=C\C/C=C\C/C=C\C/C=C\C/C=C\CCCC(=O)OCC(COP(=O)(O)OCC(O)COP(=O)(O)OCC(COC(=O)CCC/C=C\C/C=C\C/C=C\C/C=C\C/C=C\CC)OC(=O)CCCCCCCCCCCCCCCCC)OC(=O)CCCCCCCCCCCCCCCCC. The van der Waals surface area contributed by atoms with E-state index < -0.39 is 97.5 Å². The summed E-state index contributed by atoms with van der Waals surface area (Å²) in [5.74, 6) is -2.29. The number of ether oxygens (including phenoxy) is 4. The molecule has 0 aliphatic rings. The smallest absolute Gasteiger partial charge is 0.462 e. The van der Waals surface area contributed by atoms with Gasteiger partial charge in [0.1, 0.15) is 19.3 Å². The van der Waals surface area contributed by atoms with E-state index in [1.54, 1.807) is 0 Å². The Hall–Kier alpha value is -4.54. The fourth-order valence-electron chi connectivity index (χ4n) is 10.8. The van der Waals surface area contributed by atoms with E-state index in [2.05, 4.69) is 125 Å². The highest BCUT2D eigenvalue weighted by Crippen LogP contribution is 2.45. The Bertz CT molecular complexity index is 2280. The van der Waals surface area contributed by atoms with E-state index in [0.29, 0.717) is 38.5 Å². The van der Waals surface area contributed by atoms with E-state index in [4.69, 9.17) is 37.0 Å². The Kier molecular flexibility index (Phi) is 73.3. The van der Waals surface area contributed by atoms with Gasteiger partial charge in [0.2, 0.25) is 0 Å². The summed E-state index contributed by atoms with van der Waals surface area (Å²) < 4.78 is 68.6. The van der Waals surface area contributed by atoms with Crippen molar-refractivity contribution in [1.82, 2.24) is 0 Å². The highest BCUT2D eigenvalue weighted by Gasteiger charge is 2.30. The molecule has 0 spiro atoms. The molecular formula is C85H146O17P2. The number of aliphatic hydroxyl groups excluding tert-OH is 1. The first-order valence-electron chi connectivity index (χ1n) is 40.8. The van der Waals surface area contributed by atoms with Gasteiger partial charge in [0.05, 0.1) is 26.4 Å². The average Bonchev–Trinajstić information content (AvgIpc) is 0.937. The molecule has 0 amide bonds. The van der Waals surface area contributed by atoms with Gasteiger partial charge in [0.25, 0.3) is 0 Å². The molecule has 0 radical (unpaired) electrons. The molecule has 3 N–H and O–H groups in total. The van der Waals surface area contributed by atoms with Crippen LogP contribution in [0.2, 0.25) is 0 Å². The van der Waals surface area contributed by atoms with Gasteiger partial charge < -0.3 is 33.8 Å². The highest BCUT2D eigenvalue weighted by molar-refractivity contribution is 7.47. The molecule has 0 saturated heterocycles. The summed E-state index contributed by atoms with van der Waals surface area (Å²) in [6.07, 6.45) is 84.7. The number of esters is 4. The Balaban J connectivity index is 5.44. The molecule has 598 valence electrons. The lowest BCUT2D eigenvalue weighted by molar-refractivity contribution is -0.161. The van der Waals surface area contributed by atoms with Crippen LogP contribution in [-0.2, 0) is 65.4 Å². The maximum atomic E-state index is 13.1. The van der Waals surface area contributed by atoms with Crippen molar-refractivity contribution in [3.05, 3.63) is 122 Å². The first-order chi connectivity index (χ1) is 50.7. The van der Waals surface area contributed by atoms with Crippen LogP contribution in [0.25, 0.3) is 0 Å². The number of carbonyl (C=O) groups excluding carboxylic acids is 4. The monoisotopic (exact) mass is 1500 g/mol. The Labute approximate surface area is 632 Å². The number of hydrogen-bond donors (Lipinski definition) is 3. The molecule has 4 unspecified atom stereocenters. The Morgan fingerprint density at radius 1 is 0.279 bits per heavy atom. The van der Waals surface area contributed by atoms with Crippen molar-refractivity contribution in [2.75, 3.05) is 39.6 Å². The normalized spacial score (nSPS) is 14.5. The summed E-state index contributed by atoms with van der Waals surface area (Å²) in [4.78, 5) is 73.0. The van der Waals surface area contributed by atoms with Gasteiger partial charge in [-0.05, 0) is 103 Å². The molecule has 104 heavy (non-hydrogen) atoms. The Morgan fingerprint density at radius 3 is 0.760 bits per heavy atom. The van der Waals surface area contributed by atoms with Gasteiger partial charge in [-0.3, -0.25) is 37.3 Å². The molecule has 4 atom stereocenters. The summed E-state index contributed by atoms with van der Waals surface area (Å²) in [6.45, 7) is 4.57. The number of unbranched alkanes of at least 4 members (excludes halogenated alkanes) is 30. The third-order valence-electron chi connectivity index (χ3n) is 17.0. The maximum Gasteiger partial charge on any atom is 0.472 e. The number of phosphoric ester groups is 2. The van der Waals surface area contributed by atoms with Crippen molar-refractivity contribution in [2.45, 2.75) is 354 Å². The van der Waals surface area contributed by atoms with Crippen molar-refractivity contribution in [1.29, 1.82) is 0 Å². The minimum atomic E-state index is -4.99. The predicted octanol–water partition coefficient (Wildman–Crippen LogP) is 23.9. The zero-order chi connectivity index (χ0) is 76.0. The maximum absolute atomic E-state index is 13.1. The van der Waals surface area contributed by atoms with Crippen molar-refractivity contribution >= 4 is 39.5 Å². The van der Waals surface area contributed by atoms with Gasteiger partial charge in [-0.2, -0.15) is 0 Å². The number of phosphoric acid groups is 2. The topological polar surface area (TPSA) is 237 Å². The second-order valence-corrected chi connectivity index (χ2v) is 29.9. The molecule has 0 aliphatic carbocycles. The quantitative estimate of drug-likeness (QED) is 0.0169. The standard InChI is InChI=1S/C85H146O17P2/c1-5-9-13-17-21-25-29-33-37-39-43-45-49-53-57-61-65-69-82(87)95-75-80(101-84(89)71-67-63-59-55-51-47-41-35-31-27-23-19-15-11-7-3)77-99-103(91,92)97-73-79(86)74-98-104(93,94)100-78-81(102-85(90)72-68-64-60-56-52-48-42-36-32-28-24-20-16-12-8-4)76-96-83(88)70-66-62-58-54-50-46-44-40-38-34-30-26-22-18-14-10-6-2/h9-10,13-14,21-22,25-26,33-34,37-38,43-46,53-54,57-58,79-81,86H,5-8,11-12,15-20,23-24,27-32,35-36,39-42,47-52,55-56,59-78H2,1-4H3,(H,91,92)(H,93,94)/b13-9-,14-10-,25-21-,26-22-,37-33-,38-34-,45-43-,46-44-,57-53-,58-54-. The number of rotatable bonds is 76. The zero-order valence-electron chi connectivity index (χ0n) is 65.4. The van der Waals surface area contributed by atoms with Crippen LogP contribution in [0.1, 0.15) is 336 Å². The first kappa shape index (κ1) is 99.5. The molecule has 0 aliphatic heterocycles. The minimum absolute atomic E-state index is 0.0827. The molecule has 19 heteroatoms. The second kappa shape index (κ2) is 76.6. The molecule has 0 heterocycles. The van der Waals surface area contributed by atoms with E-state index in [-0.39, 0.29) is 25.7 Å². The van der Waals surface area contributed by atoms with E-state index in [1.165, 1.54) is 128 Å². The molecule has 17 nitrogen and oxygen atoms in total. The van der Waals surface area contributed by atoms with Crippen LogP contribution in [0.15, 0.2) is 122 Å². The molecule has 0 aromatic carbocycles. The van der Waals surface area contributed by atoms with Gasteiger partial charge in [0.15, 0.2) is 12.2 Å². The number of hydrogen-bond acceptors (Lipinski definition) is 15. The lowest BCUT2D eigenvalue weighted by atomic mass is 10.0. The molecule has 0 aromatic heterocycles. The summed E-state index contributed by atoms with van der Waals surface area (Å²) in [6, 6.07) is 0. The highest BCUT2D eigenvalue weighted by atomic mass is 31.2. The van der Waals surface area contributed by atoms with Crippen LogP contribution in [0.3, 0.4) is 0 Å². The van der Waals surface area contributed by atoms with Crippen LogP contribution in [0.5, 0.6) is 0 Å². The fourth-order valence-corrected chi connectivity index (χ4v) is 12.4. The fraction of sp³-hybridized carbons (Fsp3) is 0.718. The average molecular weight is 1500 g/mol. The minimum Gasteiger partial charge on any atom is -0.462 e. The van der Waals surface area contributed by atoms with Crippen LogP contribution < -0.4 is 0 Å². The summed E-state index contributed by atoms with van der Waals surface area (Å²) in [5, 5.41) is 10.6. The van der Waals surface area contributed by atoms with E-state index in [0.717, 1.165) is 116 Å². The lowest BCUT2D eigenvalue weighted by Gasteiger charge is -2.21. The van der Waals surface area contributed by atoms with Crippen molar-refractivity contribution in [3.63, 3.8) is 0 Å². The Morgan fingerprint density at radius 2 is 0.500 bits per heavy atom. The third kappa shape index (κ3) is 75.7. The lowest BCUT2D eigenvalue weighted by Crippen LogP contribution is -2.30. The number of carbonyl (C=O) groups is 4. The predicted molar refractivity (Wildman–Crippen MR) is 427 cm³/mol. The van der Waals surface area contributed by atoms with Gasteiger partial charge in [-0.1, -0.05) is 329 Å². The zero-order valence-corrected chi connectivity index (χ0v) is 67.2. The van der Waals surface area contributed by atoms with E-state index >= 15 is 0 Å². The number of allylic oxidation sites excluding steroid dienone is 20. The molecule has 0 bridgehead atoms. The van der Waals surface area contributed by atoms with Gasteiger partial charge >= 0.3 is 39.5 Å². The molecular weight excluding hydrogens is 1350 g/mol. The van der Waals surface area contributed by atoms with Crippen LogP contribution in [-0.4, -0.2) is 96.7 Å². The van der Waals surface area contributed by atoms with Gasteiger partial charge in [0, 0.05) is 25.7 Å². The van der Waals surface area contributed by atoms with Crippen LogP contribution in [0, 0.1) is 0 Å². The number of aliphatic hydroxyl groups is 1. The summed E-state index contributed by atoms with van der Waals surface area (Å²) >= 11 is 0. The van der Waals surface area contributed by atoms with Crippen LogP contribution in [0.4, 0.5) is 0 Å². The van der Waals surface area contributed by atoms with Gasteiger partial charge in [-0.25, -0.2) is 9.13 Å². The first-order valence-corrected chi connectivity index (χ1v) is 43.8. The molecule has 0 rings (SSSR count). The molecule has 0 saturated carbocycles. The second-order valence-electron chi connectivity index (χ2n) is 27.0. The molecule has 0 fully saturated rings. The third-order valence-corrected chi connectivity index (χ3v) is 18.9. The summed E-state index contributed by atoms with van der Waals surface area (Å²) in [5.41, 5.74) is 0. The largest absolute Gasteiger partial charge is 0.472 e. The van der Waals surface area contributed by atoms with Gasteiger partial charge in [-0.15, -0.1) is 0 Å². The van der Waals surface area contributed by atoms with E-state index in [1.807, 2.05) is 24.3 Å². The summed E-state index contributed by atoms with van der Waals surface area (Å²) in [7, 11) is -9.99.